The quantitative estimate of drug-likeness (QED) is 0.210. The molecule has 0 aromatic heterocycles. The second kappa shape index (κ2) is 9.37. The van der Waals surface area contributed by atoms with Crippen molar-refractivity contribution in [2.45, 2.75) is 68.4 Å². The number of hydrogen-bond acceptors (Lipinski definition) is 12. The summed E-state index contributed by atoms with van der Waals surface area (Å²) in [5, 5.41) is 58.8. The number of aliphatic hydroxyl groups excluding tert-OH is 3. The van der Waals surface area contributed by atoms with E-state index in [4.69, 9.17) is 17.2 Å². The van der Waals surface area contributed by atoms with Crippen LogP contribution < -0.4 is 22.5 Å². The van der Waals surface area contributed by atoms with Gasteiger partial charge in [0, 0.05) is 5.54 Å². The summed E-state index contributed by atoms with van der Waals surface area (Å²) in [6.07, 6.45) is -1.06. The largest absolute Gasteiger partial charge is 0.509 e. The number of likely N-dealkylation sites (N-methyl/N-ethyl adjacent to an activating group) is 1. The van der Waals surface area contributed by atoms with Gasteiger partial charge in [0.05, 0.1) is 34.8 Å². The first-order chi connectivity index (χ1) is 18.9. The van der Waals surface area contributed by atoms with E-state index in [0.29, 0.717) is 12.8 Å². The zero-order valence-corrected chi connectivity index (χ0v) is 23.5. The maximum absolute atomic E-state index is 14.5. The summed E-state index contributed by atoms with van der Waals surface area (Å²) in [5.74, 6) is -6.11. The molecule has 3 aliphatic rings. The predicted octanol–water partition coefficient (Wildman–Crippen LogP) is -0.457. The number of phenolic OH excluding ortho intramolecular Hbond substituents is 1. The molecular formula is C28H36N6O7. The highest BCUT2D eigenvalue weighted by Crippen LogP contribution is 2.60. The number of ketones is 2. The van der Waals surface area contributed by atoms with Gasteiger partial charge in [-0.15, -0.1) is 0 Å². The van der Waals surface area contributed by atoms with Crippen molar-refractivity contribution in [1.82, 2.24) is 10.2 Å². The average molecular weight is 569 g/mol. The number of nitrogens with one attached hydrogen (secondary N) is 1. The molecule has 41 heavy (non-hydrogen) atoms. The number of nitrogens with two attached hydrogens (primary N) is 3. The van der Waals surface area contributed by atoms with E-state index < -0.39 is 86.1 Å². The molecule has 0 radical (unpaired) electrons. The van der Waals surface area contributed by atoms with E-state index in [2.05, 4.69) is 5.32 Å². The van der Waals surface area contributed by atoms with Crippen molar-refractivity contribution < 1.29 is 34.8 Å². The molecule has 0 heterocycles. The Morgan fingerprint density at radius 3 is 2.34 bits per heavy atom. The topological polar surface area (TPSA) is 249 Å². The van der Waals surface area contributed by atoms with Crippen molar-refractivity contribution in [2.75, 3.05) is 14.1 Å². The van der Waals surface area contributed by atoms with Crippen LogP contribution in [-0.4, -0.2) is 85.7 Å². The molecule has 0 saturated heterocycles. The summed E-state index contributed by atoms with van der Waals surface area (Å²) in [5.41, 5.74) is 9.20. The van der Waals surface area contributed by atoms with Crippen LogP contribution in [0.3, 0.4) is 0 Å². The van der Waals surface area contributed by atoms with Crippen LogP contribution in [0.15, 0.2) is 35.1 Å². The first-order valence-electron chi connectivity index (χ1n) is 13.1. The smallest absolute Gasteiger partial charge is 0.258 e. The molecule has 220 valence electrons. The second-order valence-electron chi connectivity index (χ2n) is 11.9. The molecule has 0 spiro atoms. The van der Waals surface area contributed by atoms with Gasteiger partial charge < -0.3 is 42.9 Å². The molecule has 0 bridgehead atoms. The Hall–Kier alpha value is -3.80. The van der Waals surface area contributed by atoms with Gasteiger partial charge in [-0.1, -0.05) is 25.5 Å². The predicted molar refractivity (Wildman–Crippen MR) is 147 cm³/mol. The number of fused-ring (bicyclic) bond motifs is 3. The van der Waals surface area contributed by atoms with Gasteiger partial charge in [0.25, 0.3) is 5.91 Å². The number of aromatic hydroxyl groups is 1. The highest BCUT2D eigenvalue weighted by Gasteiger charge is 2.79. The lowest BCUT2D eigenvalue weighted by Gasteiger charge is -2.62. The normalized spacial score (nSPS) is 33.2. The lowest BCUT2D eigenvalue weighted by atomic mass is 9.45. The van der Waals surface area contributed by atoms with E-state index in [-0.39, 0.29) is 11.1 Å². The van der Waals surface area contributed by atoms with Crippen molar-refractivity contribution in [2.24, 2.45) is 22.6 Å². The Bertz CT molecular complexity index is 1480. The van der Waals surface area contributed by atoms with E-state index in [1.807, 2.05) is 6.92 Å². The first-order valence-corrected chi connectivity index (χ1v) is 13.1. The van der Waals surface area contributed by atoms with Gasteiger partial charge in [0.2, 0.25) is 0 Å². The number of amides is 1. The fourth-order valence-electron chi connectivity index (χ4n) is 6.88. The van der Waals surface area contributed by atoms with Crippen LogP contribution in [0.4, 0.5) is 0 Å². The molecule has 13 nitrogen and oxygen atoms in total. The number of aliphatic hydroxyl groups is 3. The molecule has 1 aromatic carbocycles. The maximum atomic E-state index is 14.5. The minimum atomic E-state index is -2.98. The molecule has 1 fully saturated rings. The minimum Gasteiger partial charge on any atom is -0.509 e. The van der Waals surface area contributed by atoms with Gasteiger partial charge in [0.1, 0.15) is 34.5 Å². The van der Waals surface area contributed by atoms with Crippen LogP contribution in [0.5, 0.6) is 5.75 Å². The average Bonchev–Trinajstić information content (AvgIpc) is 2.85. The Kier molecular flexibility index (Phi) is 6.89. The molecule has 4 rings (SSSR count). The summed E-state index contributed by atoms with van der Waals surface area (Å²) < 4.78 is 0. The van der Waals surface area contributed by atoms with Crippen molar-refractivity contribution in [3.8, 4) is 11.8 Å². The Morgan fingerprint density at radius 2 is 1.80 bits per heavy atom. The summed E-state index contributed by atoms with van der Waals surface area (Å²) >= 11 is 0. The Labute approximate surface area is 236 Å². The van der Waals surface area contributed by atoms with Gasteiger partial charge >= 0.3 is 0 Å². The molecule has 3 aliphatic carbocycles. The van der Waals surface area contributed by atoms with Crippen molar-refractivity contribution in [3.63, 3.8) is 0 Å². The highest BCUT2D eigenvalue weighted by atomic mass is 16.3. The molecular weight excluding hydrogens is 532 g/mol. The number of nitriles is 1. The molecule has 13 heteroatoms. The number of phenols is 1. The summed E-state index contributed by atoms with van der Waals surface area (Å²) in [7, 11) is 2.77. The molecule has 0 aliphatic heterocycles. The minimum absolute atomic E-state index is 0.0650. The van der Waals surface area contributed by atoms with E-state index in [1.165, 1.54) is 37.2 Å². The number of benzene rings is 1. The summed E-state index contributed by atoms with van der Waals surface area (Å²) in [6.45, 7) is 5.28. The van der Waals surface area contributed by atoms with Crippen LogP contribution in [0.25, 0.3) is 5.76 Å². The van der Waals surface area contributed by atoms with Crippen molar-refractivity contribution in [1.29, 1.82) is 5.26 Å². The van der Waals surface area contributed by atoms with E-state index in [0.717, 1.165) is 0 Å². The number of carbonyl (C=O) groups excluding carboxylic acids is 3. The van der Waals surface area contributed by atoms with Crippen molar-refractivity contribution >= 4 is 23.2 Å². The van der Waals surface area contributed by atoms with Crippen molar-refractivity contribution in [3.05, 3.63) is 46.2 Å². The van der Waals surface area contributed by atoms with Crippen LogP contribution in [-0.2, 0) is 14.4 Å². The highest BCUT2D eigenvalue weighted by molar-refractivity contribution is 6.26. The first kappa shape index (κ1) is 30.2. The number of Topliss-reactive ketones (excluding diaryl/α,β-unsaturated/α-hetero) is 2. The molecule has 1 amide bonds. The van der Waals surface area contributed by atoms with Gasteiger partial charge in [-0.05, 0) is 46.0 Å². The fourth-order valence-corrected chi connectivity index (χ4v) is 6.88. The Morgan fingerprint density at radius 1 is 1.20 bits per heavy atom. The third kappa shape index (κ3) is 3.55. The van der Waals surface area contributed by atoms with Crippen LogP contribution in [0.1, 0.15) is 50.8 Å². The van der Waals surface area contributed by atoms with Crippen LogP contribution in [0.2, 0.25) is 0 Å². The lowest BCUT2D eigenvalue weighted by molar-refractivity contribution is -0.153. The molecule has 6 atom stereocenters. The zero-order chi connectivity index (χ0) is 31.0. The van der Waals surface area contributed by atoms with E-state index in [1.54, 1.807) is 19.9 Å². The molecule has 1 aromatic rings. The lowest BCUT2D eigenvalue weighted by Crippen LogP contribution is -2.87. The molecule has 11 N–H and O–H groups in total. The van der Waals surface area contributed by atoms with Crippen LogP contribution in [0, 0.1) is 16.7 Å². The monoisotopic (exact) mass is 568 g/mol. The zero-order valence-electron chi connectivity index (χ0n) is 23.5. The SMILES string of the molecule is CCCC(C)(C)NC(=O)C1=C(O)[C@@]2(C#N)C(=O)C3=C(O)c4c(O)cccc4[C@H](N)[C@@]3(N)[C@H](O)[C@@]2(N)[C@H](N(C)C)C1=O. The van der Waals surface area contributed by atoms with Gasteiger partial charge in [-0.3, -0.25) is 19.3 Å². The number of rotatable bonds is 5. The third-order valence-electron chi connectivity index (χ3n) is 8.73. The number of nitrogens with zero attached hydrogens (tertiary/aromatic N) is 2. The summed E-state index contributed by atoms with van der Waals surface area (Å²) in [6, 6.07) is 2.52. The van der Waals surface area contributed by atoms with E-state index in [9.17, 15) is 40.1 Å². The number of hydrogen-bond donors (Lipinski definition) is 8. The second-order valence-corrected chi connectivity index (χ2v) is 11.9. The number of carbonyl (C=O) groups is 3. The van der Waals surface area contributed by atoms with Gasteiger partial charge in [-0.2, -0.15) is 5.26 Å². The Balaban J connectivity index is 2.12. The third-order valence-corrected chi connectivity index (χ3v) is 8.73. The standard InChI is InChI=1S/C28H36N6O7/c1-6-10-25(2,3)33-23(40)15-18(37)20(34(4)5)28(32)24(41)27(31)16(22(39)26(28,11-29)21(15)38)17(36)14-12(19(27)30)8-7-9-13(14)35/h7-9,19-20,24,35-36,38,41H,6,10,30-32H2,1-5H3,(H,33,40)/t19-,20+,24-,26-,27+,28-/m0/s1. The fraction of sp³-hybridized carbons (Fsp3) is 0.500. The molecule has 1 saturated carbocycles. The maximum Gasteiger partial charge on any atom is 0.258 e. The summed E-state index contributed by atoms with van der Waals surface area (Å²) in [4.78, 5) is 43.3. The molecule has 0 unspecified atom stereocenters. The van der Waals surface area contributed by atoms with Crippen LogP contribution >= 0.6 is 0 Å². The van der Waals surface area contributed by atoms with E-state index >= 15 is 0 Å². The van der Waals surface area contributed by atoms with Gasteiger partial charge in [0.15, 0.2) is 17.0 Å². The van der Waals surface area contributed by atoms with Gasteiger partial charge in [-0.25, -0.2) is 0 Å².